The molecule has 126 valence electrons. The Morgan fingerprint density at radius 2 is 1.59 bits per heavy atom. The van der Waals surface area contributed by atoms with Crippen LogP contribution in [0.3, 0.4) is 0 Å². The van der Waals surface area contributed by atoms with Crippen molar-refractivity contribution in [2.24, 2.45) is 17.3 Å². The quantitative estimate of drug-likeness (QED) is 0.573. The van der Waals surface area contributed by atoms with Crippen LogP contribution in [0.1, 0.15) is 52.9 Å². The Morgan fingerprint density at radius 1 is 1.05 bits per heavy atom. The van der Waals surface area contributed by atoms with Crippen molar-refractivity contribution in [1.82, 2.24) is 0 Å². The van der Waals surface area contributed by atoms with E-state index in [1.165, 1.54) is 0 Å². The molecule has 0 saturated heterocycles. The van der Waals surface area contributed by atoms with Gasteiger partial charge in [-0.3, -0.25) is 14.4 Å². The smallest absolute Gasteiger partial charge is 0.311 e. The van der Waals surface area contributed by atoms with Crippen LogP contribution in [0.15, 0.2) is 0 Å². The van der Waals surface area contributed by atoms with Crippen molar-refractivity contribution in [2.45, 2.75) is 52.9 Å². The van der Waals surface area contributed by atoms with Crippen LogP contribution < -0.4 is 0 Å². The molecule has 1 rings (SSSR count). The Kier molecular flexibility index (Phi) is 6.84. The fourth-order valence-electron chi connectivity index (χ4n) is 2.43. The van der Waals surface area contributed by atoms with Crippen molar-refractivity contribution in [1.29, 1.82) is 0 Å². The topological polar surface area (TPSA) is 89.9 Å². The molecule has 1 N–H and O–H groups in total. The summed E-state index contributed by atoms with van der Waals surface area (Å²) in [5, 5.41) is 9.14. The molecular formula is C16H26O6. The Balaban J connectivity index is 2.36. The van der Waals surface area contributed by atoms with Crippen molar-refractivity contribution in [3.05, 3.63) is 0 Å². The lowest BCUT2D eigenvalue weighted by Gasteiger charge is -2.26. The molecule has 6 heteroatoms. The summed E-state index contributed by atoms with van der Waals surface area (Å²) in [6, 6.07) is 0. The van der Waals surface area contributed by atoms with Gasteiger partial charge in [0.05, 0.1) is 17.3 Å². The first-order chi connectivity index (χ1) is 10.3. The summed E-state index contributed by atoms with van der Waals surface area (Å²) in [6.45, 7) is 5.45. The van der Waals surface area contributed by atoms with E-state index in [1.54, 1.807) is 13.8 Å². The second-order valence-electron chi connectivity index (χ2n) is 6.38. The molecule has 0 aliphatic heterocycles. The zero-order valence-electron chi connectivity index (χ0n) is 13.6. The minimum absolute atomic E-state index is 0.00153. The molecule has 0 bridgehead atoms. The van der Waals surface area contributed by atoms with Crippen LogP contribution in [-0.4, -0.2) is 36.2 Å². The summed E-state index contributed by atoms with van der Waals surface area (Å²) in [5.74, 6) is -3.03. The SMILES string of the molecule is CCC(C)(C)C(=O)OCCOC(=O)C1CCCCC1C(=O)O. The maximum Gasteiger partial charge on any atom is 0.311 e. The fraction of sp³-hybridized carbons (Fsp3) is 0.812. The van der Waals surface area contributed by atoms with E-state index in [0.29, 0.717) is 19.3 Å². The fourth-order valence-corrected chi connectivity index (χ4v) is 2.43. The van der Waals surface area contributed by atoms with Gasteiger partial charge in [0.15, 0.2) is 0 Å². The Morgan fingerprint density at radius 3 is 2.14 bits per heavy atom. The highest BCUT2D eigenvalue weighted by Crippen LogP contribution is 2.31. The molecule has 0 amide bonds. The highest BCUT2D eigenvalue weighted by atomic mass is 16.6. The number of hydrogen-bond donors (Lipinski definition) is 1. The lowest BCUT2D eigenvalue weighted by molar-refractivity contribution is -0.164. The number of aliphatic carboxylic acids is 1. The molecule has 22 heavy (non-hydrogen) atoms. The first-order valence-corrected chi connectivity index (χ1v) is 7.86. The predicted molar refractivity (Wildman–Crippen MR) is 79.1 cm³/mol. The molecule has 0 radical (unpaired) electrons. The van der Waals surface area contributed by atoms with E-state index in [1.807, 2.05) is 6.92 Å². The Labute approximate surface area is 131 Å². The van der Waals surface area contributed by atoms with Crippen molar-refractivity contribution in [3.63, 3.8) is 0 Å². The van der Waals surface area contributed by atoms with E-state index in [0.717, 1.165) is 12.8 Å². The van der Waals surface area contributed by atoms with E-state index in [2.05, 4.69) is 0 Å². The number of esters is 2. The van der Waals surface area contributed by atoms with Crippen LogP contribution in [-0.2, 0) is 23.9 Å². The first-order valence-electron chi connectivity index (χ1n) is 7.86. The molecule has 0 aromatic heterocycles. The normalized spacial score (nSPS) is 22.0. The third kappa shape index (κ3) is 5.00. The molecule has 1 aliphatic rings. The maximum atomic E-state index is 12.0. The van der Waals surface area contributed by atoms with Gasteiger partial charge in [-0.05, 0) is 33.1 Å². The van der Waals surface area contributed by atoms with Crippen LogP contribution in [0.2, 0.25) is 0 Å². The average molecular weight is 314 g/mol. The highest BCUT2D eigenvalue weighted by molar-refractivity contribution is 5.81. The number of carbonyl (C=O) groups excluding carboxylic acids is 2. The zero-order valence-corrected chi connectivity index (χ0v) is 13.6. The lowest BCUT2D eigenvalue weighted by atomic mass is 9.79. The van der Waals surface area contributed by atoms with E-state index in [-0.39, 0.29) is 19.2 Å². The van der Waals surface area contributed by atoms with Crippen LogP contribution in [0, 0.1) is 17.3 Å². The predicted octanol–water partition coefficient (Wildman–Crippen LogP) is 2.40. The summed E-state index contributed by atoms with van der Waals surface area (Å²) >= 11 is 0. The van der Waals surface area contributed by atoms with Gasteiger partial charge in [0.2, 0.25) is 0 Å². The summed E-state index contributed by atoms with van der Waals surface area (Å²) in [5.41, 5.74) is -0.554. The standard InChI is InChI=1S/C16H26O6/c1-4-16(2,3)15(20)22-10-9-21-14(19)12-8-6-5-7-11(12)13(17)18/h11-12H,4-10H2,1-3H3,(H,17,18). The first kappa shape index (κ1) is 18.5. The van der Waals surface area contributed by atoms with Gasteiger partial charge in [-0.25, -0.2) is 0 Å². The van der Waals surface area contributed by atoms with Crippen LogP contribution in [0.5, 0.6) is 0 Å². The Hall–Kier alpha value is -1.59. The molecule has 2 atom stereocenters. The minimum Gasteiger partial charge on any atom is -0.481 e. The van der Waals surface area contributed by atoms with Crippen molar-refractivity contribution < 1.29 is 29.0 Å². The molecule has 2 unspecified atom stereocenters. The number of hydrogen-bond acceptors (Lipinski definition) is 5. The van der Waals surface area contributed by atoms with Gasteiger partial charge < -0.3 is 14.6 Å². The second kappa shape index (κ2) is 8.15. The molecule has 1 aliphatic carbocycles. The molecule has 0 heterocycles. The summed E-state index contributed by atoms with van der Waals surface area (Å²) in [6.07, 6.45) is 3.37. The van der Waals surface area contributed by atoms with E-state index < -0.39 is 29.2 Å². The molecule has 6 nitrogen and oxygen atoms in total. The molecule has 0 aromatic carbocycles. The number of carbonyl (C=O) groups is 3. The molecule has 1 fully saturated rings. The van der Waals surface area contributed by atoms with Gasteiger partial charge in [-0.15, -0.1) is 0 Å². The number of rotatable bonds is 7. The molecule has 0 spiro atoms. The lowest BCUT2D eigenvalue weighted by Crippen LogP contribution is -2.34. The van der Waals surface area contributed by atoms with Crippen molar-refractivity contribution in [3.8, 4) is 0 Å². The van der Waals surface area contributed by atoms with Gasteiger partial charge in [-0.1, -0.05) is 19.8 Å². The molecule has 0 aromatic rings. The van der Waals surface area contributed by atoms with Crippen molar-refractivity contribution >= 4 is 17.9 Å². The largest absolute Gasteiger partial charge is 0.481 e. The van der Waals surface area contributed by atoms with Gasteiger partial charge in [0, 0.05) is 0 Å². The molecule has 1 saturated carbocycles. The monoisotopic (exact) mass is 314 g/mol. The van der Waals surface area contributed by atoms with E-state index in [4.69, 9.17) is 14.6 Å². The number of ether oxygens (including phenoxy) is 2. The summed E-state index contributed by atoms with van der Waals surface area (Å²) in [4.78, 5) is 34.9. The second-order valence-corrected chi connectivity index (χ2v) is 6.38. The van der Waals surface area contributed by atoms with E-state index >= 15 is 0 Å². The zero-order chi connectivity index (χ0) is 16.8. The third-order valence-electron chi connectivity index (χ3n) is 4.38. The Bertz CT molecular complexity index is 415. The summed E-state index contributed by atoms with van der Waals surface area (Å²) < 4.78 is 10.2. The van der Waals surface area contributed by atoms with Crippen LogP contribution in [0.25, 0.3) is 0 Å². The van der Waals surface area contributed by atoms with Crippen LogP contribution in [0.4, 0.5) is 0 Å². The third-order valence-corrected chi connectivity index (χ3v) is 4.38. The molecular weight excluding hydrogens is 288 g/mol. The number of carboxylic acid groups (broad SMARTS) is 1. The number of carboxylic acids is 1. The van der Waals surface area contributed by atoms with Crippen molar-refractivity contribution in [2.75, 3.05) is 13.2 Å². The van der Waals surface area contributed by atoms with Gasteiger partial charge >= 0.3 is 17.9 Å². The summed E-state index contributed by atoms with van der Waals surface area (Å²) in [7, 11) is 0. The van der Waals surface area contributed by atoms with Gasteiger partial charge in [0.25, 0.3) is 0 Å². The van der Waals surface area contributed by atoms with E-state index in [9.17, 15) is 14.4 Å². The van der Waals surface area contributed by atoms with Crippen LogP contribution >= 0.6 is 0 Å². The maximum absolute atomic E-state index is 12.0. The minimum atomic E-state index is -0.947. The highest BCUT2D eigenvalue weighted by Gasteiger charge is 2.36. The average Bonchev–Trinajstić information content (AvgIpc) is 2.50. The van der Waals surface area contributed by atoms with Gasteiger partial charge in [-0.2, -0.15) is 0 Å². The van der Waals surface area contributed by atoms with Gasteiger partial charge in [0.1, 0.15) is 13.2 Å².